The van der Waals surface area contributed by atoms with Gasteiger partial charge in [-0.1, -0.05) is 61.0 Å². The van der Waals surface area contributed by atoms with Crippen LogP contribution in [0.4, 0.5) is 10.1 Å². The maximum Gasteiger partial charge on any atom is 0.264 e. The van der Waals surface area contributed by atoms with Gasteiger partial charge in [0.05, 0.1) is 15.6 Å². The first-order valence-corrected chi connectivity index (χ1v) is 14.7. The van der Waals surface area contributed by atoms with Crippen LogP contribution in [-0.2, 0) is 26.2 Å². The number of rotatable bonds is 10. The summed E-state index contributed by atoms with van der Waals surface area (Å²) >= 11 is 6.01. The fourth-order valence-corrected chi connectivity index (χ4v) is 5.83. The van der Waals surface area contributed by atoms with Crippen LogP contribution < -0.4 is 9.62 Å². The standard InChI is InChI=1S/C30H35ClFN3O4S/c1-6-27(29(37)33-30(3,4)5)34(19-22-13-11-10-12-21(22)2)28(36)20-35(23-16-17-26(32)25(31)18-23)40(38,39)24-14-8-7-9-15-24/h7-18,27H,6,19-20H2,1-5H3,(H,33,37). The molecule has 40 heavy (non-hydrogen) atoms. The van der Waals surface area contributed by atoms with E-state index in [4.69, 9.17) is 11.6 Å². The van der Waals surface area contributed by atoms with Crippen LogP contribution in [0.5, 0.6) is 0 Å². The Labute approximate surface area is 241 Å². The quantitative estimate of drug-likeness (QED) is 0.329. The van der Waals surface area contributed by atoms with Crippen LogP contribution in [-0.4, -0.2) is 43.3 Å². The van der Waals surface area contributed by atoms with Crippen molar-refractivity contribution in [2.45, 2.75) is 64.1 Å². The normalized spacial score (nSPS) is 12.5. The van der Waals surface area contributed by atoms with E-state index in [1.165, 1.54) is 29.2 Å². The number of hydrogen-bond acceptors (Lipinski definition) is 4. The molecule has 0 saturated carbocycles. The number of benzene rings is 3. The fourth-order valence-electron chi connectivity index (χ4n) is 4.23. The number of sulfonamides is 1. The van der Waals surface area contributed by atoms with Crippen molar-refractivity contribution in [2.75, 3.05) is 10.8 Å². The molecule has 0 aliphatic rings. The smallest absolute Gasteiger partial charge is 0.264 e. The van der Waals surface area contributed by atoms with Crippen molar-refractivity contribution in [3.05, 3.63) is 94.8 Å². The lowest BCUT2D eigenvalue weighted by Crippen LogP contribution is -2.55. The van der Waals surface area contributed by atoms with E-state index in [1.54, 1.807) is 25.1 Å². The van der Waals surface area contributed by atoms with E-state index in [-0.39, 0.29) is 28.1 Å². The molecule has 0 aliphatic heterocycles. The largest absolute Gasteiger partial charge is 0.350 e. The number of anilines is 1. The van der Waals surface area contributed by atoms with Crippen molar-refractivity contribution in [1.82, 2.24) is 10.2 Å². The Balaban J connectivity index is 2.10. The van der Waals surface area contributed by atoms with Crippen LogP contribution in [0, 0.1) is 12.7 Å². The van der Waals surface area contributed by atoms with Crippen molar-refractivity contribution in [1.29, 1.82) is 0 Å². The van der Waals surface area contributed by atoms with Gasteiger partial charge in [-0.05, 0) is 75.6 Å². The van der Waals surface area contributed by atoms with Crippen LogP contribution >= 0.6 is 11.6 Å². The van der Waals surface area contributed by atoms with Crippen LogP contribution in [0.15, 0.2) is 77.7 Å². The highest BCUT2D eigenvalue weighted by molar-refractivity contribution is 7.92. The zero-order valence-corrected chi connectivity index (χ0v) is 24.9. The van der Waals surface area contributed by atoms with Crippen molar-refractivity contribution in [3.8, 4) is 0 Å². The second-order valence-electron chi connectivity index (χ2n) is 10.5. The molecule has 1 atom stereocenters. The van der Waals surface area contributed by atoms with E-state index < -0.39 is 39.9 Å². The molecule has 2 amide bonds. The number of aryl methyl sites for hydroxylation is 1. The summed E-state index contributed by atoms with van der Waals surface area (Å²) in [6.45, 7) is 8.69. The molecule has 0 heterocycles. The van der Waals surface area contributed by atoms with Gasteiger partial charge in [0.1, 0.15) is 18.4 Å². The van der Waals surface area contributed by atoms with Gasteiger partial charge in [0.25, 0.3) is 10.0 Å². The van der Waals surface area contributed by atoms with Gasteiger partial charge in [0.2, 0.25) is 11.8 Å². The minimum absolute atomic E-state index is 0.0200. The molecule has 0 saturated heterocycles. The minimum atomic E-state index is -4.27. The second kappa shape index (κ2) is 12.8. The van der Waals surface area contributed by atoms with Crippen molar-refractivity contribution in [2.24, 2.45) is 0 Å². The van der Waals surface area contributed by atoms with E-state index in [0.29, 0.717) is 6.42 Å². The SMILES string of the molecule is CCC(C(=O)NC(C)(C)C)N(Cc1ccccc1C)C(=O)CN(c1ccc(F)c(Cl)c1)S(=O)(=O)c1ccccc1. The molecule has 0 aliphatic carbocycles. The molecule has 3 rings (SSSR count). The lowest BCUT2D eigenvalue weighted by molar-refractivity contribution is -0.141. The first-order valence-electron chi connectivity index (χ1n) is 12.9. The Kier molecular flexibility index (Phi) is 9.97. The number of carbonyl (C=O) groups excluding carboxylic acids is 2. The topological polar surface area (TPSA) is 86.8 Å². The minimum Gasteiger partial charge on any atom is -0.350 e. The number of amides is 2. The molecule has 1 unspecified atom stereocenters. The average molecular weight is 588 g/mol. The van der Waals surface area contributed by atoms with Crippen LogP contribution in [0.3, 0.4) is 0 Å². The fraction of sp³-hybridized carbons (Fsp3) is 0.333. The summed E-state index contributed by atoms with van der Waals surface area (Å²) in [5.74, 6) is -1.67. The predicted octanol–water partition coefficient (Wildman–Crippen LogP) is 5.70. The molecule has 0 bridgehead atoms. The van der Waals surface area contributed by atoms with Gasteiger partial charge >= 0.3 is 0 Å². The highest BCUT2D eigenvalue weighted by atomic mass is 35.5. The summed E-state index contributed by atoms with van der Waals surface area (Å²) in [5, 5.41) is 2.65. The molecule has 3 aromatic carbocycles. The van der Waals surface area contributed by atoms with Gasteiger partial charge in [-0.2, -0.15) is 0 Å². The number of nitrogens with one attached hydrogen (secondary N) is 1. The number of halogens is 2. The molecule has 0 aromatic heterocycles. The Morgan fingerprint density at radius 2 is 1.62 bits per heavy atom. The zero-order valence-electron chi connectivity index (χ0n) is 23.3. The van der Waals surface area contributed by atoms with E-state index >= 15 is 0 Å². The van der Waals surface area contributed by atoms with E-state index in [0.717, 1.165) is 21.5 Å². The molecular weight excluding hydrogens is 553 g/mol. The van der Waals surface area contributed by atoms with Gasteiger partial charge in [0, 0.05) is 12.1 Å². The summed E-state index contributed by atoms with van der Waals surface area (Å²) in [4.78, 5) is 28.8. The Morgan fingerprint density at radius 3 is 2.20 bits per heavy atom. The van der Waals surface area contributed by atoms with Crippen LogP contribution in [0.25, 0.3) is 0 Å². The van der Waals surface area contributed by atoms with E-state index in [9.17, 15) is 22.4 Å². The number of hydrogen-bond donors (Lipinski definition) is 1. The third-order valence-corrected chi connectivity index (χ3v) is 8.37. The van der Waals surface area contributed by atoms with Crippen molar-refractivity contribution < 1.29 is 22.4 Å². The molecule has 0 spiro atoms. The lowest BCUT2D eigenvalue weighted by Gasteiger charge is -2.35. The molecule has 10 heteroatoms. The third-order valence-electron chi connectivity index (χ3n) is 6.29. The first kappa shape index (κ1) is 31.1. The first-order chi connectivity index (χ1) is 18.7. The molecule has 7 nitrogen and oxygen atoms in total. The maximum absolute atomic E-state index is 14.1. The summed E-state index contributed by atoms with van der Waals surface area (Å²) in [6, 6.07) is 17.7. The number of carbonyl (C=O) groups is 2. The van der Waals surface area contributed by atoms with Gasteiger partial charge in [-0.25, -0.2) is 12.8 Å². The average Bonchev–Trinajstić information content (AvgIpc) is 2.89. The summed E-state index contributed by atoms with van der Waals surface area (Å²) < 4.78 is 42.5. The third kappa shape index (κ3) is 7.61. The van der Waals surface area contributed by atoms with Crippen LogP contribution in [0.2, 0.25) is 5.02 Å². The van der Waals surface area contributed by atoms with E-state index in [2.05, 4.69) is 5.32 Å². The van der Waals surface area contributed by atoms with Gasteiger partial charge in [-0.3, -0.25) is 13.9 Å². The second-order valence-corrected chi connectivity index (χ2v) is 12.8. The summed E-state index contributed by atoms with van der Waals surface area (Å²) in [7, 11) is -4.27. The predicted molar refractivity (Wildman–Crippen MR) is 156 cm³/mol. The molecule has 0 fully saturated rings. The summed E-state index contributed by atoms with van der Waals surface area (Å²) in [6.07, 6.45) is 0.299. The monoisotopic (exact) mass is 587 g/mol. The molecule has 0 radical (unpaired) electrons. The molecular formula is C30H35ClFN3O4S. The molecule has 1 N–H and O–H groups in total. The van der Waals surface area contributed by atoms with E-state index in [1.807, 2.05) is 52.0 Å². The van der Waals surface area contributed by atoms with Gasteiger partial charge < -0.3 is 10.2 Å². The lowest BCUT2D eigenvalue weighted by atomic mass is 10.0. The maximum atomic E-state index is 14.1. The highest BCUT2D eigenvalue weighted by Crippen LogP contribution is 2.28. The van der Waals surface area contributed by atoms with Crippen LogP contribution in [0.1, 0.15) is 45.2 Å². The zero-order chi connectivity index (χ0) is 29.7. The van der Waals surface area contributed by atoms with Gasteiger partial charge in [-0.15, -0.1) is 0 Å². The Morgan fingerprint density at radius 1 is 1.00 bits per heavy atom. The highest BCUT2D eigenvalue weighted by Gasteiger charge is 2.35. The summed E-state index contributed by atoms with van der Waals surface area (Å²) in [5.41, 5.74) is 1.22. The van der Waals surface area contributed by atoms with Gasteiger partial charge in [0.15, 0.2) is 0 Å². The Hall–Kier alpha value is -3.43. The van der Waals surface area contributed by atoms with Crippen molar-refractivity contribution >= 4 is 39.1 Å². The molecule has 3 aromatic rings. The Bertz CT molecular complexity index is 1460. The number of nitrogens with zero attached hydrogens (tertiary/aromatic N) is 2. The molecule has 214 valence electrons. The van der Waals surface area contributed by atoms with Crippen molar-refractivity contribution in [3.63, 3.8) is 0 Å².